The summed E-state index contributed by atoms with van der Waals surface area (Å²) in [5, 5.41) is 8.43. The minimum absolute atomic E-state index is 0.671. The lowest BCUT2D eigenvalue weighted by molar-refractivity contribution is 0.367. The summed E-state index contributed by atoms with van der Waals surface area (Å²) < 4.78 is 34.8. The normalized spacial score (nSPS) is 12.5. The number of hydrogen-bond donors (Lipinski definition) is 0. The van der Waals surface area contributed by atoms with Gasteiger partial charge in [0.05, 0.1) is 0 Å². The summed E-state index contributed by atoms with van der Waals surface area (Å²) in [6.45, 7) is 0. The largest absolute Gasteiger partial charge is 0.456 e. The van der Waals surface area contributed by atoms with Gasteiger partial charge in [0.15, 0.2) is 30.1 Å². The molecule has 1 aromatic heterocycles. The van der Waals surface area contributed by atoms with Crippen molar-refractivity contribution in [1.82, 2.24) is 0 Å². The molecule has 0 bridgehead atoms. The van der Waals surface area contributed by atoms with E-state index in [1.807, 2.05) is 109 Å². The minimum Gasteiger partial charge on any atom is -0.456 e. The van der Waals surface area contributed by atoms with Crippen molar-refractivity contribution in [2.75, 3.05) is 0 Å². The average molecular weight is 651 g/mol. The SMILES string of the molecule is O=P(c1ccccc1)(c1ccccc1)c1ccc2c(c1)oc1cc(-c3cc4c(c5ccccc35)Oc3ccc5ccccc5c3O4)ccc12. The third kappa shape index (κ3) is 4.28. The zero-order chi connectivity index (χ0) is 32.5. The molecule has 1 aliphatic heterocycles. The van der Waals surface area contributed by atoms with Gasteiger partial charge in [0, 0.05) is 37.5 Å². The van der Waals surface area contributed by atoms with Crippen LogP contribution in [0.15, 0.2) is 168 Å². The van der Waals surface area contributed by atoms with Gasteiger partial charge in [-0.2, -0.15) is 0 Å². The summed E-state index contributed by atoms with van der Waals surface area (Å²) in [4.78, 5) is 0. The topological polar surface area (TPSA) is 48.7 Å². The van der Waals surface area contributed by atoms with Crippen LogP contribution in [0.1, 0.15) is 0 Å². The van der Waals surface area contributed by atoms with Crippen molar-refractivity contribution in [3.8, 4) is 34.1 Å². The van der Waals surface area contributed by atoms with E-state index in [-0.39, 0.29) is 0 Å². The Kier molecular flexibility index (Phi) is 6.12. The number of hydrogen-bond acceptors (Lipinski definition) is 4. The van der Waals surface area contributed by atoms with E-state index in [2.05, 4.69) is 54.6 Å². The summed E-state index contributed by atoms with van der Waals surface area (Å²) >= 11 is 0. The predicted octanol–water partition coefficient (Wildman–Crippen LogP) is 11.1. The number of rotatable bonds is 4. The third-order valence-corrected chi connectivity index (χ3v) is 12.7. The van der Waals surface area contributed by atoms with Crippen molar-refractivity contribution in [3.05, 3.63) is 164 Å². The molecule has 0 saturated carbocycles. The molecule has 0 saturated heterocycles. The summed E-state index contributed by atoms with van der Waals surface area (Å²) in [7, 11) is -3.14. The van der Waals surface area contributed by atoms with Crippen LogP contribution in [-0.2, 0) is 4.57 Å². The van der Waals surface area contributed by atoms with Crippen LogP contribution in [0.4, 0.5) is 0 Å². The van der Waals surface area contributed by atoms with Crippen LogP contribution in [0.5, 0.6) is 23.0 Å². The quantitative estimate of drug-likeness (QED) is 0.178. The Hall–Kier alpha value is -6.09. The average Bonchev–Trinajstić information content (AvgIpc) is 3.54. The van der Waals surface area contributed by atoms with Gasteiger partial charge in [0.25, 0.3) is 0 Å². The molecule has 0 radical (unpaired) electrons. The molecule has 0 atom stereocenters. The predicted molar refractivity (Wildman–Crippen MR) is 200 cm³/mol. The summed E-state index contributed by atoms with van der Waals surface area (Å²) in [5.41, 5.74) is 3.47. The van der Waals surface area contributed by atoms with E-state index in [1.54, 1.807) is 0 Å². The van der Waals surface area contributed by atoms with Crippen LogP contribution in [0.25, 0.3) is 54.6 Å². The maximum atomic E-state index is 15.0. The zero-order valence-corrected chi connectivity index (χ0v) is 27.1. The Morgan fingerprint density at radius 2 is 1.00 bits per heavy atom. The zero-order valence-electron chi connectivity index (χ0n) is 26.2. The molecule has 0 aliphatic carbocycles. The first kappa shape index (κ1) is 28.0. The van der Waals surface area contributed by atoms with Gasteiger partial charge in [-0.25, -0.2) is 0 Å². The maximum Gasteiger partial charge on any atom is 0.177 e. The van der Waals surface area contributed by atoms with Crippen LogP contribution in [0.3, 0.4) is 0 Å². The molecule has 4 nitrogen and oxygen atoms in total. The first-order valence-electron chi connectivity index (χ1n) is 16.3. The van der Waals surface area contributed by atoms with Gasteiger partial charge in [0.2, 0.25) is 0 Å². The van der Waals surface area contributed by atoms with Crippen molar-refractivity contribution in [2.45, 2.75) is 0 Å². The molecule has 1 aliphatic rings. The van der Waals surface area contributed by atoms with Gasteiger partial charge < -0.3 is 18.5 Å². The highest BCUT2D eigenvalue weighted by Gasteiger charge is 2.30. The molecule has 232 valence electrons. The van der Waals surface area contributed by atoms with Crippen LogP contribution in [-0.4, -0.2) is 0 Å². The molecule has 9 aromatic rings. The van der Waals surface area contributed by atoms with Crippen molar-refractivity contribution in [2.24, 2.45) is 0 Å². The van der Waals surface area contributed by atoms with Gasteiger partial charge in [-0.05, 0) is 64.4 Å². The minimum atomic E-state index is -3.14. The molecule has 0 amide bonds. The van der Waals surface area contributed by atoms with Gasteiger partial charge in [-0.15, -0.1) is 0 Å². The summed E-state index contributed by atoms with van der Waals surface area (Å²) in [6.07, 6.45) is 0. The number of benzene rings is 8. The molecule has 10 rings (SSSR count). The molecule has 2 heterocycles. The molecule has 0 spiro atoms. The monoisotopic (exact) mass is 650 g/mol. The van der Waals surface area contributed by atoms with E-state index >= 15 is 4.57 Å². The van der Waals surface area contributed by atoms with Crippen molar-refractivity contribution in [3.63, 3.8) is 0 Å². The van der Waals surface area contributed by atoms with Crippen LogP contribution in [0.2, 0.25) is 0 Å². The van der Waals surface area contributed by atoms with Crippen LogP contribution in [0, 0.1) is 0 Å². The smallest absolute Gasteiger partial charge is 0.177 e. The molecular weight excluding hydrogens is 623 g/mol. The van der Waals surface area contributed by atoms with Gasteiger partial charge in [0.1, 0.15) is 11.2 Å². The highest BCUT2D eigenvalue weighted by atomic mass is 31.2. The second kappa shape index (κ2) is 10.7. The molecule has 5 heteroatoms. The number of fused-ring (bicyclic) bond motifs is 9. The summed E-state index contributed by atoms with van der Waals surface area (Å²) in [6, 6.07) is 54.3. The Bertz CT molecular complexity index is 2760. The summed E-state index contributed by atoms with van der Waals surface area (Å²) in [5.74, 6) is 2.81. The second-order valence-corrected chi connectivity index (χ2v) is 15.2. The molecule has 8 aromatic carbocycles. The fraction of sp³-hybridized carbons (Fsp3) is 0. The Morgan fingerprint density at radius 1 is 0.408 bits per heavy atom. The van der Waals surface area contributed by atoms with Crippen LogP contribution < -0.4 is 25.4 Å². The third-order valence-electron chi connectivity index (χ3n) is 9.60. The van der Waals surface area contributed by atoms with E-state index in [0.29, 0.717) is 22.8 Å². The van der Waals surface area contributed by atoms with E-state index < -0.39 is 7.14 Å². The number of furan rings is 1. The highest BCUT2D eigenvalue weighted by Crippen LogP contribution is 2.53. The van der Waals surface area contributed by atoms with Gasteiger partial charge in [-0.3, -0.25) is 0 Å². The van der Waals surface area contributed by atoms with E-state index in [4.69, 9.17) is 13.9 Å². The van der Waals surface area contributed by atoms with Crippen LogP contribution >= 0.6 is 7.14 Å². The first-order valence-corrected chi connectivity index (χ1v) is 18.0. The lowest BCUT2D eigenvalue weighted by Gasteiger charge is -2.24. The maximum absolute atomic E-state index is 15.0. The van der Waals surface area contributed by atoms with Gasteiger partial charge in [-0.1, -0.05) is 121 Å². The molecular formula is C44H27O4P. The Morgan fingerprint density at radius 3 is 1.76 bits per heavy atom. The van der Waals surface area contributed by atoms with Crippen molar-refractivity contribution < 1.29 is 18.5 Å². The van der Waals surface area contributed by atoms with Crippen molar-refractivity contribution in [1.29, 1.82) is 0 Å². The molecule has 0 N–H and O–H groups in total. The highest BCUT2D eigenvalue weighted by molar-refractivity contribution is 7.85. The van der Waals surface area contributed by atoms with E-state index in [1.165, 1.54) is 0 Å². The number of ether oxygens (including phenoxy) is 2. The lowest BCUT2D eigenvalue weighted by atomic mass is 9.96. The standard InChI is InChI=1S/C44H27O4P/c45-49(30-12-3-1-4-13-30,31-14-5-2-6-15-31)32-21-23-36-35-22-19-29(25-40(35)46-41(36)26-32)38-27-42-44(37-18-10-9-17-34(37)38)47-39-24-20-28-11-7-8-16-33(28)43(39)48-42/h1-27H. The van der Waals surface area contributed by atoms with Gasteiger partial charge >= 0.3 is 0 Å². The van der Waals surface area contributed by atoms with Crippen molar-refractivity contribution >= 4 is 66.5 Å². The molecule has 49 heavy (non-hydrogen) atoms. The van der Waals surface area contributed by atoms with E-state index in [0.717, 1.165) is 70.7 Å². The lowest BCUT2D eigenvalue weighted by Crippen LogP contribution is -2.24. The molecule has 0 fully saturated rings. The second-order valence-electron chi connectivity index (χ2n) is 12.4. The fourth-order valence-electron chi connectivity index (χ4n) is 7.22. The fourth-order valence-corrected chi connectivity index (χ4v) is 9.89. The Balaban J connectivity index is 1.11. The van der Waals surface area contributed by atoms with E-state index in [9.17, 15) is 0 Å². The first-order chi connectivity index (χ1) is 24.1. The molecule has 0 unspecified atom stereocenters. The Labute approximate surface area is 282 Å².